The highest BCUT2D eigenvalue weighted by atomic mass is 16.3. The van der Waals surface area contributed by atoms with E-state index in [9.17, 15) is 4.79 Å². The second-order valence-electron chi connectivity index (χ2n) is 8.52. The van der Waals surface area contributed by atoms with Crippen LogP contribution in [0.25, 0.3) is 16.9 Å². The normalized spacial score (nSPS) is 15.6. The number of hydrogen-bond acceptors (Lipinski definition) is 5. The number of hydrazone groups is 1. The lowest BCUT2D eigenvalue weighted by molar-refractivity contribution is -0.134. The Morgan fingerprint density at radius 3 is 2.37 bits per heavy atom. The van der Waals surface area contributed by atoms with Gasteiger partial charge in [0.15, 0.2) is 0 Å². The molecule has 5 rings (SSSR count). The van der Waals surface area contributed by atoms with Gasteiger partial charge in [-0.3, -0.25) is 9.69 Å². The summed E-state index contributed by atoms with van der Waals surface area (Å²) in [5.41, 5.74) is 4.52. The average Bonchev–Trinajstić information content (AvgIpc) is 3.67. The minimum Gasteiger partial charge on any atom is -0.463 e. The molecule has 0 fully saturated rings. The number of carbonyl (C=O) groups is 1. The van der Waals surface area contributed by atoms with Gasteiger partial charge in [-0.05, 0) is 37.4 Å². The Bertz CT molecular complexity index is 1290. The molecule has 0 bridgehead atoms. The number of benzene rings is 2. The zero-order valence-electron chi connectivity index (χ0n) is 20.0. The molecule has 35 heavy (non-hydrogen) atoms. The van der Waals surface area contributed by atoms with Crippen LogP contribution in [0.15, 0.2) is 94.8 Å². The van der Waals surface area contributed by atoms with E-state index in [0.717, 1.165) is 41.3 Å². The molecule has 3 heterocycles. The molecule has 0 N–H and O–H groups in total. The van der Waals surface area contributed by atoms with Gasteiger partial charge in [0, 0.05) is 23.7 Å². The number of aromatic nitrogens is 2. The molecule has 0 radical (unpaired) electrons. The van der Waals surface area contributed by atoms with E-state index in [4.69, 9.17) is 14.6 Å². The van der Waals surface area contributed by atoms with Crippen LogP contribution in [-0.4, -0.2) is 50.9 Å². The van der Waals surface area contributed by atoms with E-state index < -0.39 is 0 Å². The summed E-state index contributed by atoms with van der Waals surface area (Å²) >= 11 is 0. The molecular formula is C28H29N5O2. The molecular weight excluding hydrogens is 438 g/mol. The van der Waals surface area contributed by atoms with Crippen molar-refractivity contribution >= 4 is 11.6 Å². The summed E-state index contributed by atoms with van der Waals surface area (Å²) in [5, 5.41) is 11.4. The molecule has 2 aromatic heterocycles. The van der Waals surface area contributed by atoms with Crippen molar-refractivity contribution < 1.29 is 9.21 Å². The van der Waals surface area contributed by atoms with E-state index in [1.807, 2.05) is 83.7 Å². The van der Waals surface area contributed by atoms with Crippen LogP contribution >= 0.6 is 0 Å². The predicted molar refractivity (Wildman–Crippen MR) is 136 cm³/mol. The van der Waals surface area contributed by atoms with Gasteiger partial charge in [0.05, 0.1) is 30.2 Å². The first-order valence-corrected chi connectivity index (χ1v) is 12.0. The Morgan fingerprint density at radius 2 is 1.71 bits per heavy atom. The maximum atomic E-state index is 13.5. The maximum absolute atomic E-state index is 13.5. The zero-order chi connectivity index (χ0) is 24.2. The Hall–Kier alpha value is -3.97. The van der Waals surface area contributed by atoms with Crippen molar-refractivity contribution in [1.82, 2.24) is 19.7 Å². The molecule has 0 saturated carbocycles. The minimum absolute atomic E-state index is 0.0354. The van der Waals surface area contributed by atoms with E-state index in [1.165, 1.54) is 0 Å². The van der Waals surface area contributed by atoms with Crippen LogP contribution in [-0.2, 0) is 4.79 Å². The van der Waals surface area contributed by atoms with Crippen LogP contribution in [0.1, 0.15) is 37.6 Å². The van der Waals surface area contributed by atoms with Crippen LogP contribution in [0.4, 0.5) is 0 Å². The van der Waals surface area contributed by atoms with Crippen LogP contribution in [0, 0.1) is 0 Å². The molecule has 7 heteroatoms. The Kier molecular flexibility index (Phi) is 6.59. The van der Waals surface area contributed by atoms with Crippen molar-refractivity contribution in [3.8, 4) is 16.9 Å². The summed E-state index contributed by atoms with van der Waals surface area (Å²) in [6, 6.07) is 23.6. The summed E-state index contributed by atoms with van der Waals surface area (Å²) in [5.74, 6) is 0.650. The summed E-state index contributed by atoms with van der Waals surface area (Å²) in [4.78, 5) is 15.6. The van der Waals surface area contributed by atoms with E-state index in [1.54, 1.807) is 11.3 Å². The fourth-order valence-electron chi connectivity index (χ4n) is 4.45. The fraction of sp³-hybridized carbons (Fsp3) is 0.250. The van der Waals surface area contributed by atoms with Gasteiger partial charge in [-0.2, -0.15) is 10.2 Å². The van der Waals surface area contributed by atoms with E-state index in [0.29, 0.717) is 18.7 Å². The topological polar surface area (TPSA) is 66.9 Å². The molecule has 1 aliphatic heterocycles. The highest BCUT2D eigenvalue weighted by molar-refractivity contribution is 6.01. The Labute approximate surface area is 205 Å². The summed E-state index contributed by atoms with van der Waals surface area (Å²) < 4.78 is 7.53. The third-order valence-corrected chi connectivity index (χ3v) is 6.39. The van der Waals surface area contributed by atoms with E-state index in [-0.39, 0.29) is 11.9 Å². The van der Waals surface area contributed by atoms with Crippen LogP contribution < -0.4 is 0 Å². The van der Waals surface area contributed by atoms with Crippen LogP contribution in [0.3, 0.4) is 0 Å². The Morgan fingerprint density at radius 1 is 1.00 bits per heavy atom. The molecule has 4 aromatic rings. The summed E-state index contributed by atoms with van der Waals surface area (Å²) in [6.45, 7) is 6.04. The number of hydrogen-bond donors (Lipinski definition) is 0. The van der Waals surface area contributed by atoms with E-state index >= 15 is 0 Å². The quantitative estimate of drug-likeness (QED) is 0.359. The largest absolute Gasteiger partial charge is 0.463 e. The molecule has 0 spiro atoms. The second kappa shape index (κ2) is 10.1. The fourth-order valence-corrected chi connectivity index (χ4v) is 4.45. The molecule has 7 nitrogen and oxygen atoms in total. The third-order valence-electron chi connectivity index (χ3n) is 6.39. The van der Waals surface area contributed by atoms with Crippen molar-refractivity contribution in [3.63, 3.8) is 0 Å². The van der Waals surface area contributed by atoms with Gasteiger partial charge in [0.1, 0.15) is 11.5 Å². The lowest BCUT2D eigenvalue weighted by Gasteiger charge is -2.25. The number of furan rings is 1. The Balaban J connectivity index is 1.59. The lowest BCUT2D eigenvalue weighted by atomic mass is 9.98. The van der Waals surface area contributed by atoms with Gasteiger partial charge in [0.25, 0.3) is 5.91 Å². The second-order valence-corrected chi connectivity index (χ2v) is 8.52. The number of likely N-dealkylation sites (N-methyl/N-ethyl adjacent to an activating group) is 1. The van der Waals surface area contributed by atoms with Gasteiger partial charge in [-0.1, -0.05) is 62.4 Å². The molecule has 0 unspecified atom stereocenters. The van der Waals surface area contributed by atoms with Gasteiger partial charge in [0.2, 0.25) is 0 Å². The van der Waals surface area contributed by atoms with Crippen molar-refractivity contribution in [2.75, 3.05) is 19.6 Å². The predicted octanol–water partition coefficient (Wildman–Crippen LogP) is 5.15. The molecule has 1 atom stereocenters. The first-order chi connectivity index (χ1) is 17.2. The van der Waals surface area contributed by atoms with Crippen molar-refractivity contribution in [3.05, 3.63) is 96.6 Å². The molecule has 2 aromatic carbocycles. The minimum atomic E-state index is -0.286. The summed E-state index contributed by atoms with van der Waals surface area (Å²) in [7, 11) is 0. The number of nitrogens with zero attached hydrogens (tertiary/aromatic N) is 5. The highest BCUT2D eigenvalue weighted by Gasteiger charge is 2.37. The van der Waals surface area contributed by atoms with Gasteiger partial charge in [-0.15, -0.1) is 0 Å². The summed E-state index contributed by atoms with van der Waals surface area (Å²) in [6.07, 6.45) is 4.22. The first-order valence-electron chi connectivity index (χ1n) is 12.0. The third kappa shape index (κ3) is 4.68. The van der Waals surface area contributed by atoms with Crippen LogP contribution in [0.2, 0.25) is 0 Å². The number of carbonyl (C=O) groups excluding carboxylic acids is 1. The van der Waals surface area contributed by atoms with Gasteiger partial charge < -0.3 is 4.42 Å². The van der Waals surface area contributed by atoms with Crippen LogP contribution in [0.5, 0.6) is 0 Å². The van der Waals surface area contributed by atoms with Crippen molar-refractivity contribution in [2.24, 2.45) is 5.10 Å². The molecule has 178 valence electrons. The molecule has 1 amide bonds. The van der Waals surface area contributed by atoms with E-state index in [2.05, 4.69) is 18.7 Å². The standard InChI is InChI=1S/C28H29N5O2/c1-3-31(4-2)20-27(34)33-25(18-24(29-33)26-16-11-17-35-26)23-19-32(22-14-9-6-10-15-22)30-28(23)21-12-7-5-8-13-21/h5-17,19,25H,3-4,18,20H2,1-2H3/t25-/m0/s1. The molecule has 0 aliphatic carbocycles. The van der Waals surface area contributed by atoms with Crippen molar-refractivity contribution in [2.45, 2.75) is 26.3 Å². The monoisotopic (exact) mass is 467 g/mol. The zero-order valence-corrected chi connectivity index (χ0v) is 20.0. The van der Waals surface area contributed by atoms with Gasteiger partial charge >= 0.3 is 0 Å². The maximum Gasteiger partial charge on any atom is 0.257 e. The number of rotatable bonds is 8. The number of para-hydroxylation sites is 1. The number of amides is 1. The highest BCUT2D eigenvalue weighted by Crippen LogP contribution is 2.38. The SMILES string of the molecule is CCN(CC)CC(=O)N1N=C(c2ccco2)C[C@H]1c1cn(-c2ccccc2)nc1-c1ccccc1. The first kappa shape index (κ1) is 22.8. The molecule has 1 aliphatic rings. The van der Waals surface area contributed by atoms with Gasteiger partial charge in [-0.25, -0.2) is 9.69 Å². The smallest absolute Gasteiger partial charge is 0.257 e. The molecule has 0 saturated heterocycles. The van der Waals surface area contributed by atoms with Crippen molar-refractivity contribution in [1.29, 1.82) is 0 Å². The average molecular weight is 468 g/mol. The lowest BCUT2D eigenvalue weighted by Crippen LogP contribution is -2.38.